The lowest BCUT2D eigenvalue weighted by Crippen LogP contribution is -1.98. The van der Waals surface area contributed by atoms with Gasteiger partial charge in [0.15, 0.2) is 0 Å². The monoisotopic (exact) mass is 137 g/mol. The van der Waals surface area contributed by atoms with E-state index in [1.54, 1.807) is 17.3 Å². The van der Waals surface area contributed by atoms with Crippen LogP contribution in [0.4, 0.5) is 0 Å². The fourth-order valence-electron chi connectivity index (χ4n) is 0.661. The van der Waals surface area contributed by atoms with Gasteiger partial charge in [-0.1, -0.05) is 11.6 Å². The Morgan fingerprint density at radius 3 is 3.00 bits per heavy atom. The van der Waals surface area contributed by atoms with Crippen molar-refractivity contribution in [2.45, 2.75) is 20.4 Å². The molecule has 1 aromatic rings. The van der Waals surface area contributed by atoms with Gasteiger partial charge in [-0.2, -0.15) is 5.10 Å². The van der Waals surface area contributed by atoms with Gasteiger partial charge in [-0.25, -0.2) is 9.67 Å². The Hall–Kier alpha value is -1.12. The average molecular weight is 137 g/mol. The van der Waals surface area contributed by atoms with Crippen molar-refractivity contribution in [2.75, 3.05) is 0 Å². The maximum atomic E-state index is 3.97. The first kappa shape index (κ1) is 6.99. The number of hydrogen-bond donors (Lipinski definition) is 0. The van der Waals surface area contributed by atoms with Crippen LogP contribution in [0.25, 0.3) is 0 Å². The average Bonchev–Trinajstić information content (AvgIpc) is 2.40. The topological polar surface area (TPSA) is 30.7 Å². The molecular weight excluding hydrogens is 126 g/mol. The molecule has 0 aliphatic rings. The highest BCUT2D eigenvalue weighted by atomic mass is 15.3. The van der Waals surface area contributed by atoms with Crippen molar-refractivity contribution in [3.8, 4) is 0 Å². The highest BCUT2D eigenvalue weighted by Gasteiger charge is 1.89. The molecule has 54 valence electrons. The van der Waals surface area contributed by atoms with Crippen molar-refractivity contribution in [1.82, 2.24) is 14.8 Å². The Morgan fingerprint density at radius 2 is 2.50 bits per heavy atom. The van der Waals surface area contributed by atoms with Crippen LogP contribution in [-0.2, 0) is 6.54 Å². The van der Waals surface area contributed by atoms with Gasteiger partial charge < -0.3 is 0 Å². The van der Waals surface area contributed by atoms with Gasteiger partial charge in [0.2, 0.25) is 0 Å². The molecule has 1 heterocycles. The molecule has 0 saturated heterocycles. The first-order valence-corrected chi connectivity index (χ1v) is 3.27. The number of allylic oxidation sites excluding steroid dienone is 2. The Kier molecular flexibility index (Phi) is 2.20. The highest BCUT2D eigenvalue weighted by molar-refractivity contribution is 4.94. The molecule has 0 bridgehead atoms. The van der Waals surface area contributed by atoms with Gasteiger partial charge >= 0.3 is 0 Å². The third kappa shape index (κ3) is 1.69. The number of rotatable bonds is 2. The van der Waals surface area contributed by atoms with Gasteiger partial charge in [-0.05, 0) is 13.8 Å². The lowest BCUT2D eigenvalue weighted by molar-refractivity contribution is 0.674. The third-order valence-electron chi connectivity index (χ3n) is 1.37. The summed E-state index contributed by atoms with van der Waals surface area (Å²) in [5.41, 5.74) is 1.30. The van der Waals surface area contributed by atoms with Crippen molar-refractivity contribution >= 4 is 0 Å². The van der Waals surface area contributed by atoms with Gasteiger partial charge in [0, 0.05) is 0 Å². The Morgan fingerprint density at radius 1 is 1.70 bits per heavy atom. The van der Waals surface area contributed by atoms with Crippen LogP contribution in [-0.4, -0.2) is 14.8 Å². The minimum Gasteiger partial charge on any atom is -0.249 e. The zero-order valence-corrected chi connectivity index (χ0v) is 6.28. The van der Waals surface area contributed by atoms with Crippen molar-refractivity contribution in [3.63, 3.8) is 0 Å². The maximum Gasteiger partial charge on any atom is 0.137 e. The zero-order valence-electron chi connectivity index (χ0n) is 6.28. The Labute approximate surface area is 60.4 Å². The van der Waals surface area contributed by atoms with Gasteiger partial charge in [0.05, 0.1) is 6.54 Å². The van der Waals surface area contributed by atoms with E-state index in [1.807, 2.05) is 6.92 Å². The molecule has 0 aliphatic heterocycles. The molecular formula is C7H11N3. The van der Waals surface area contributed by atoms with E-state index < -0.39 is 0 Å². The summed E-state index contributed by atoms with van der Waals surface area (Å²) in [6.45, 7) is 4.93. The van der Waals surface area contributed by atoms with E-state index in [9.17, 15) is 0 Å². The van der Waals surface area contributed by atoms with E-state index in [0.29, 0.717) is 0 Å². The van der Waals surface area contributed by atoms with Crippen LogP contribution < -0.4 is 0 Å². The van der Waals surface area contributed by atoms with Gasteiger partial charge in [-0.3, -0.25) is 0 Å². The molecule has 0 radical (unpaired) electrons. The highest BCUT2D eigenvalue weighted by Crippen LogP contribution is 1.94. The second kappa shape index (κ2) is 3.15. The summed E-state index contributed by atoms with van der Waals surface area (Å²) >= 11 is 0. The number of hydrogen-bond acceptors (Lipinski definition) is 2. The molecule has 0 unspecified atom stereocenters. The van der Waals surface area contributed by atoms with Crippen LogP contribution in [0, 0.1) is 0 Å². The summed E-state index contributed by atoms with van der Waals surface area (Å²) in [4.78, 5) is 3.83. The lowest BCUT2D eigenvalue weighted by atomic mass is 10.3. The van der Waals surface area contributed by atoms with Crippen molar-refractivity contribution in [1.29, 1.82) is 0 Å². The fraction of sp³-hybridized carbons (Fsp3) is 0.429. The molecule has 0 amide bonds. The summed E-state index contributed by atoms with van der Waals surface area (Å²) < 4.78 is 1.80. The van der Waals surface area contributed by atoms with Crippen molar-refractivity contribution in [2.24, 2.45) is 0 Å². The molecule has 0 atom stereocenters. The van der Waals surface area contributed by atoms with Gasteiger partial charge in [0.1, 0.15) is 12.7 Å². The molecule has 0 N–H and O–H groups in total. The molecule has 3 heteroatoms. The summed E-state index contributed by atoms with van der Waals surface area (Å²) in [7, 11) is 0. The molecule has 0 aliphatic carbocycles. The molecule has 0 saturated carbocycles. The van der Waals surface area contributed by atoms with E-state index in [1.165, 1.54) is 5.57 Å². The minimum absolute atomic E-state index is 0.844. The largest absolute Gasteiger partial charge is 0.249 e. The quantitative estimate of drug-likeness (QED) is 0.574. The second-order valence-electron chi connectivity index (χ2n) is 2.23. The van der Waals surface area contributed by atoms with Gasteiger partial charge in [0.25, 0.3) is 0 Å². The van der Waals surface area contributed by atoms with Crippen LogP contribution >= 0.6 is 0 Å². The van der Waals surface area contributed by atoms with Crippen LogP contribution in [0.5, 0.6) is 0 Å². The Balaban J connectivity index is 2.56. The summed E-state index contributed by atoms with van der Waals surface area (Å²) in [6, 6.07) is 0. The van der Waals surface area contributed by atoms with Crippen LogP contribution in [0.15, 0.2) is 24.3 Å². The molecule has 10 heavy (non-hydrogen) atoms. The normalized spacial score (nSPS) is 12.0. The molecule has 1 rings (SSSR count). The predicted octanol–water partition coefficient (Wildman–Crippen LogP) is 1.24. The lowest BCUT2D eigenvalue weighted by Gasteiger charge is -1.97. The summed E-state index contributed by atoms with van der Waals surface area (Å²) in [6.07, 6.45) is 5.33. The molecule has 1 aromatic heterocycles. The summed E-state index contributed by atoms with van der Waals surface area (Å²) in [5.74, 6) is 0. The van der Waals surface area contributed by atoms with E-state index in [2.05, 4.69) is 23.1 Å². The first-order chi connectivity index (χ1) is 4.83. The van der Waals surface area contributed by atoms with E-state index in [-0.39, 0.29) is 0 Å². The van der Waals surface area contributed by atoms with Crippen molar-refractivity contribution in [3.05, 3.63) is 24.3 Å². The predicted molar refractivity (Wildman–Crippen MR) is 39.5 cm³/mol. The first-order valence-electron chi connectivity index (χ1n) is 3.27. The van der Waals surface area contributed by atoms with E-state index in [0.717, 1.165) is 6.54 Å². The smallest absolute Gasteiger partial charge is 0.137 e. The SMILES string of the molecule is C/C=C(\C)Cn1cncn1. The van der Waals surface area contributed by atoms with Crippen molar-refractivity contribution < 1.29 is 0 Å². The Bertz CT molecular complexity index is 211. The number of nitrogens with zero attached hydrogens (tertiary/aromatic N) is 3. The van der Waals surface area contributed by atoms with Crippen LogP contribution in [0.3, 0.4) is 0 Å². The van der Waals surface area contributed by atoms with Crippen LogP contribution in [0.2, 0.25) is 0 Å². The standard InChI is InChI=1S/C7H11N3/c1-3-7(2)4-10-6-8-5-9-10/h3,5-6H,4H2,1-2H3/b7-3+. The van der Waals surface area contributed by atoms with Crippen LogP contribution in [0.1, 0.15) is 13.8 Å². The summed E-state index contributed by atoms with van der Waals surface area (Å²) in [5, 5.41) is 3.97. The van der Waals surface area contributed by atoms with Gasteiger partial charge in [-0.15, -0.1) is 0 Å². The molecule has 0 fully saturated rings. The minimum atomic E-state index is 0.844. The van der Waals surface area contributed by atoms with E-state index in [4.69, 9.17) is 0 Å². The third-order valence-corrected chi connectivity index (χ3v) is 1.37. The maximum absolute atomic E-state index is 3.97. The fourth-order valence-corrected chi connectivity index (χ4v) is 0.661. The molecule has 0 aromatic carbocycles. The molecule has 3 nitrogen and oxygen atoms in total. The number of aromatic nitrogens is 3. The van der Waals surface area contributed by atoms with E-state index >= 15 is 0 Å². The second-order valence-corrected chi connectivity index (χ2v) is 2.23. The molecule has 0 spiro atoms. The zero-order chi connectivity index (χ0) is 7.40.